The summed E-state index contributed by atoms with van der Waals surface area (Å²) in [5, 5.41) is 3.35. The van der Waals surface area contributed by atoms with Gasteiger partial charge in [-0.2, -0.15) is 4.98 Å². The fourth-order valence-corrected chi connectivity index (χ4v) is 4.30. The van der Waals surface area contributed by atoms with Crippen LogP contribution in [0.4, 0.5) is 23.1 Å². The van der Waals surface area contributed by atoms with Gasteiger partial charge in [0.1, 0.15) is 17.3 Å². The molecule has 33 heavy (non-hydrogen) atoms. The number of anilines is 4. The van der Waals surface area contributed by atoms with Crippen LogP contribution in [0.5, 0.6) is 11.5 Å². The van der Waals surface area contributed by atoms with Crippen molar-refractivity contribution >= 4 is 23.1 Å². The van der Waals surface area contributed by atoms with Crippen LogP contribution in [0.25, 0.3) is 0 Å². The van der Waals surface area contributed by atoms with Crippen molar-refractivity contribution in [2.45, 2.75) is 13.0 Å². The van der Waals surface area contributed by atoms with Crippen LogP contribution in [0, 0.1) is 0 Å². The SMILES string of the molecule is COc1ccc(CN2CCc3cnc(Nc4ccc(N5CCOCC5)cc4OC)nc32)cc1. The molecule has 2 aliphatic rings. The van der Waals surface area contributed by atoms with Crippen LogP contribution in [0.1, 0.15) is 11.1 Å². The Morgan fingerprint density at radius 3 is 2.58 bits per heavy atom. The third-order valence-corrected chi connectivity index (χ3v) is 6.13. The number of rotatable bonds is 7. The molecule has 8 nitrogen and oxygen atoms in total. The third-order valence-electron chi connectivity index (χ3n) is 6.13. The molecule has 2 aromatic carbocycles. The van der Waals surface area contributed by atoms with Crippen molar-refractivity contribution in [2.24, 2.45) is 0 Å². The maximum Gasteiger partial charge on any atom is 0.229 e. The standard InChI is InChI=1S/C25H29N5O3/c1-31-21-6-3-18(4-7-21)17-30-10-9-19-16-26-25(28-24(19)30)27-22-8-5-20(15-23(22)32-2)29-11-13-33-14-12-29/h3-8,15-16H,9-14,17H2,1-2H3,(H,26,27,28). The van der Waals surface area contributed by atoms with Crippen LogP contribution >= 0.6 is 0 Å². The summed E-state index contributed by atoms with van der Waals surface area (Å²) in [6, 6.07) is 14.3. The largest absolute Gasteiger partial charge is 0.497 e. The quantitative estimate of drug-likeness (QED) is 0.589. The average Bonchev–Trinajstić information content (AvgIpc) is 3.27. The molecule has 1 aromatic heterocycles. The predicted octanol–water partition coefficient (Wildman–Crippen LogP) is 3.64. The summed E-state index contributed by atoms with van der Waals surface area (Å²) >= 11 is 0. The molecular formula is C25H29N5O3. The molecule has 5 rings (SSSR count). The van der Waals surface area contributed by atoms with E-state index in [4.69, 9.17) is 19.2 Å². The molecule has 0 saturated carbocycles. The molecule has 1 saturated heterocycles. The minimum atomic E-state index is 0.563. The van der Waals surface area contributed by atoms with E-state index in [2.05, 4.69) is 44.4 Å². The second-order valence-electron chi connectivity index (χ2n) is 8.17. The van der Waals surface area contributed by atoms with E-state index in [1.165, 1.54) is 11.1 Å². The number of morpholine rings is 1. The van der Waals surface area contributed by atoms with Crippen LogP contribution in [-0.2, 0) is 17.7 Å². The highest BCUT2D eigenvalue weighted by molar-refractivity contribution is 5.69. The van der Waals surface area contributed by atoms with Crippen LogP contribution in [0.15, 0.2) is 48.7 Å². The predicted molar refractivity (Wildman–Crippen MR) is 129 cm³/mol. The Balaban J connectivity index is 1.33. The van der Waals surface area contributed by atoms with Crippen LogP contribution in [-0.4, -0.2) is 57.0 Å². The Morgan fingerprint density at radius 2 is 1.82 bits per heavy atom. The van der Waals surface area contributed by atoms with Gasteiger partial charge in [-0.25, -0.2) is 4.98 Å². The molecule has 3 aromatic rings. The van der Waals surface area contributed by atoms with Crippen molar-refractivity contribution in [3.05, 3.63) is 59.8 Å². The molecule has 1 N–H and O–H groups in total. The maximum absolute atomic E-state index is 5.66. The summed E-state index contributed by atoms with van der Waals surface area (Å²) in [5.74, 6) is 3.17. The van der Waals surface area contributed by atoms with E-state index >= 15 is 0 Å². The Kier molecular flexibility index (Phi) is 6.17. The smallest absolute Gasteiger partial charge is 0.229 e. The molecule has 0 radical (unpaired) electrons. The highest BCUT2D eigenvalue weighted by Crippen LogP contribution is 2.33. The number of nitrogens with one attached hydrogen (secondary N) is 1. The van der Waals surface area contributed by atoms with Gasteiger partial charge in [0.05, 0.1) is 33.1 Å². The van der Waals surface area contributed by atoms with Crippen molar-refractivity contribution in [2.75, 3.05) is 62.2 Å². The molecule has 1 fully saturated rings. The monoisotopic (exact) mass is 447 g/mol. The van der Waals surface area contributed by atoms with Gasteiger partial charge in [0, 0.05) is 49.7 Å². The van der Waals surface area contributed by atoms with Gasteiger partial charge in [-0.05, 0) is 36.2 Å². The number of methoxy groups -OCH3 is 2. The molecular weight excluding hydrogens is 418 g/mol. The van der Waals surface area contributed by atoms with Gasteiger partial charge in [0.2, 0.25) is 5.95 Å². The van der Waals surface area contributed by atoms with Crippen molar-refractivity contribution < 1.29 is 14.2 Å². The average molecular weight is 448 g/mol. The molecule has 3 heterocycles. The van der Waals surface area contributed by atoms with Crippen molar-refractivity contribution in [3.8, 4) is 11.5 Å². The zero-order chi connectivity index (χ0) is 22.6. The zero-order valence-electron chi connectivity index (χ0n) is 19.1. The molecule has 0 unspecified atom stereocenters. The summed E-state index contributed by atoms with van der Waals surface area (Å²) in [5.41, 5.74) is 4.36. The van der Waals surface area contributed by atoms with Gasteiger partial charge in [0.15, 0.2) is 0 Å². The Hall–Kier alpha value is -3.52. The third kappa shape index (κ3) is 4.66. The second-order valence-corrected chi connectivity index (χ2v) is 8.17. The van der Waals surface area contributed by atoms with Crippen molar-refractivity contribution in [1.29, 1.82) is 0 Å². The minimum absolute atomic E-state index is 0.563. The second kappa shape index (κ2) is 9.54. The van der Waals surface area contributed by atoms with Crippen molar-refractivity contribution in [3.63, 3.8) is 0 Å². The van der Waals surface area contributed by atoms with Crippen LogP contribution < -0.4 is 24.6 Å². The Bertz CT molecular complexity index is 1100. The number of hydrogen-bond acceptors (Lipinski definition) is 8. The molecule has 0 amide bonds. The van der Waals surface area contributed by atoms with Gasteiger partial charge in [-0.15, -0.1) is 0 Å². The number of benzene rings is 2. The zero-order valence-corrected chi connectivity index (χ0v) is 19.1. The van der Waals surface area contributed by atoms with Crippen LogP contribution in [0.2, 0.25) is 0 Å². The number of fused-ring (bicyclic) bond motifs is 1. The van der Waals surface area contributed by atoms with Gasteiger partial charge >= 0.3 is 0 Å². The van der Waals surface area contributed by atoms with E-state index in [1.54, 1.807) is 14.2 Å². The first kappa shape index (κ1) is 21.3. The lowest BCUT2D eigenvalue weighted by atomic mass is 10.2. The van der Waals surface area contributed by atoms with E-state index in [0.717, 1.165) is 74.5 Å². The van der Waals surface area contributed by atoms with Gasteiger partial charge in [-0.3, -0.25) is 0 Å². The lowest BCUT2D eigenvalue weighted by Gasteiger charge is -2.29. The number of nitrogens with zero attached hydrogens (tertiary/aromatic N) is 4. The van der Waals surface area contributed by atoms with Gasteiger partial charge < -0.3 is 29.3 Å². The van der Waals surface area contributed by atoms with E-state index in [9.17, 15) is 0 Å². The summed E-state index contributed by atoms with van der Waals surface area (Å²) in [4.78, 5) is 14.0. The lowest BCUT2D eigenvalue weighted by molar-refractivity contribution is 0.122. The topological polar surface area (TPSA) is 72.0 Å². The van der Waals surface area contributed by atoms with E-state index in [1.807, 2.05) is 24.4 Å². The fourth-order valence-electron chi connectivity index (χ4n) is 4.30. The molecule has 8 heteroatoms. The minimum Gasteiger partial charge on any atom is -0.497 e. The van der Waals surface area contributed by atoms with E-state index in [-0.39, 0.29) is 0 Å². The molecule has 0 aliphatic carbocycles. The number of aromatic nitrogens is 2. The van der Waals surface area contributed by atoms with E-state index in [0.29, 0.717) is 5.95 Å². The number of ether oxygens (including phenoxy) is 3. The lowest BCUT2D eigenvalue weighted by Crippen LogP contribution is -2.36. The first-order chi connectivity index (χ1) is 16.2. The molecule has 0 spiro atoms. The molecule has 0 atom stereocenters. The highest BCUT2D eigenvalue weighted by atomic mass is 16.5. The summed E-state index contributed by atoms with van der Waals surface area (Å²) in [6.07, 6.45) is 2.87. The Morgan fingerprint density at radius 1 is 1.00 bits per heavy atom. The van der Waals surface area contributed by atoms with Crippen LogP contribution in [0.3, 0.4) is 0 Å². The summed E-state index contributed by atoms with van der Waals surface area (Å²) in [7, 11) is 3.37. The van der Waals surface area contributed by atoms with Crippen molar-refractivity contribution in [1.82, 2.24) is 9.97 Å². The summed E-state index contributed by atoms with van der Waals surface area (Å²) in [6.45, 7) is 4.99. The normalized spacial score (nSPS) is 15.3. The molecule has 172 valence electrons. The van der Waals surface area contributed by atoms with E-state index < -0.39 is 0 Å². The maximum atomic E-state index is 5.66. The fraction of sp³-hybridized carbons (Fsp3) is 0.360. The Labute approximate surface area is 194 Å². The van der Waals surface area contributed by atoms with Gasteiger partial charge in [0.25, 0.3) is 0 Å². The molecule has 0 bridgehead atoms. The first-order valence-corrected chi connectivity index (χ1v) is 11.2. The molecule has 2 aliphatic heterocycles. The number of hydrogen-bond donors (Lipinski definition) is 1. The highest BCUT2D eigenvalue weighted by Gasteiger charge is 2.22. The first-order valence-electron chi connectivity index (χ1n) is 11.2. The summed E-state index contributed by atoms with van der Waals surface area (Å²) < 4.78 is 16.4. The van der Waals surface area contributed by atoms with Gasteiger partial charge in [-0.1, -0.05) is 12.1 Å².